The molecule has 3 heteroatoms. The number of anilines is 2. The normalized spacial score (nSPS) is 10.2. The van der Waals surface area contributed by atoms with Crippen molar-refractivity contribution in [2.45, 2.75) is 26.7 Å². The van der Waals surface area contributed by atoms with E-state index in [9.17, 15) is 0 Å². The van der Waals surface area contributed by atoms with E-state index >= 15 is 0 Å². The van der Waals surface area contributed by atoms with Gasteiger partial charge < -0.3 is 15.4 Å². The van der Waals surface area contributed by atoms with Crippen molar-refractivity contribution in [3.05, 3.63) is 18.2 Å². The number of rotatable bonds is 6. The van der Waals surface area contributed by atoms with E-state index in [1.807, 2.05) is 18.2 Å². The van der Waals surface area contributed by atoms with Crippen molar-refractivity contribution >= 4 is 11.4 Å². The molecule has 1 aromatic carbocycles. The highest BCUT2D eigenvalue weighted by molar-refractivity contribution is 5.60. The van der Waals surface area contributed by atoms with Gasteiger partial charge in [-0.25, -0.2) is 0 Å². The lowest BCUT2D eigenvalue weighted by atomic mass is 10.2. The summed E-state index contributed by atoms with van der Waals surface area (Å²) in [6.45, 7) is 6.49. The molecule has 1 aromatic rings. The Hall–Kier alpha value is -1.38. The highest BCUT2D eigenvalue weighted by Gasteiger charge is 2.06. The average Bonchev–Trinajstić information content (AvgIpc) is 2.28. The number of nitrogen functional groups attached to an aromatic ring is 1. The Kier molecular flexibility index (Phi) is 4.96. The summed E-state index contributed by atoms with van der Waals surface area (Å²) in [5, 5.41) is 0. The topological polar surface area (TPSA) is 38.5 Å². The van der Waals surface area contributed by atoms with E-state index in [0.717, 1.165) is 43.1 Å². The van der Waals surface area contributed by atoms with E-state index in [-0.39, 0.29) is 0 Å². The van der Waals surface area contributed by atoms with Crippen molar-refractivity contribution < 1.29 is 4.74 Å². The average molecular weight is 222 g/mol. The van der Waals surface area contributed by atoms with Gasteiger partial charge in [0.2, 0.25) is 0 Å². The second kappa shape index (κ2) is 6.26. The zero-order valence-corrected chi connectivity index (χ0v) is 10.5. The quantitative estimate of drug-likeness (QED) is 0.752. The largest absolute Gasteiger partial charge is 0.497 e. The molecule has 0 fully saturated rings. The molecule has 0 spiro atoms. The lowest BCUT2D eigenvalue weighted by molar-refractivity contribution is 0.415. The SMILES string of the molecule is CCCN(CCC)c1cc(N)cc(OC)c1. The van der Waals surface area contributed by atoms with E-state index in [4.69, 9.17) is 10.5 Å². The van der Waals surface area contributed by atoms with Gasteiger partial charge in [0, 0.05) is 36.6 Å². The molecule has 0 saturated heterocycles. The van der Waals surface area contributed by atoms with Crippen LogP contribution in [0.4, 0.5) is 11.4 Å². The summed E-state index contributed by atoms with van der Waals surface area (Å²) >= 11 is 0. The summed E-state index contributed by atoms with van der Waals surface area (Å²) in [6, 6.07) is 5.90. The fourth-order valence-corrected chi connectivity index (χ4v) is 1.82. The van der Waals surface area contributed by atoms with Gasteiger partial charge >= 0.3 is 0 Å². The van der Waals surface area contributed by atoms with Crippen LogP contribution in [0.25, 0.3) is 0 Å². The fraction of sp³-hybridized carbons (Fsp3) is 0.538. The Morgan fingerprint density at radius 3 is 2.25 bits per heavy atom. The minimum atomic E-state index is 0.756. The molecule has 3 nitrogen and oxygen atoms in total. The van der Waals surface area contributed by atoms with E-state index in [1.165, 1.54) is 0 Å². The summed E-state index contributed by atoms with van der Waals surface area (Å²) in [4.78, 5) is 2.35. The Morgan fingerprint density at radius 1 is 1.12 bits per heavy atom. The molecule has 0 radical (unpaired) electrons. The summed E-state index contributed by atoms with van der Waals surface area (Å²) in [5.41, 5.74) is 7.77. The first-order valence-corrected chi connectivity index (χ1v) is 5.90. The smallest absolute Gasteiger partial charge is 0.122 e. The maximum absolute atomic E-state index is 5.86. The molecule has 2 N–H and O–H groups in total. The van der Waals surface area contributed by atoms with Crippen molar-refractivity contribution in [3.63, 3.8) is 0 Å². The highest BCUT2D eigenvalue weighted by atomic mass is 16.5. The van der Waals surface area contributed by atoms with Crippen LogP contribution in [0, 0.1) is 0 Å². The predicted octanol–water partition coefficient (Wildman–Crippen LogP) is 2.90. The number of hydrogen-bond donors (Lipinski definition) is 1. The number of nitrogens with zero attached hydrogens (tertiary/aromatic N) is 1. The molecule has 0 heterocycles. The first-order valence-electron chi connectivity index (χ1n) is 5.90. The fourth-order valence-electron chi connectivity index (χ4n) is 1.82. The van der Waals surface area contributed by atoms with E-state index in [2.05, 4.69) is 18.7 Å². The molecule has 1 rings (SSSR count). The van der Waals surface area contributed by atoms with Gasteiger partial charge in [0.05, 0.1) is 7.11 Å². The molecular weight excluding hydrogens is 200 g/mol. The molecule has 0 bridgehead atoms. The molecule has 90 valence electrons. The van der Waals surface area contributed by atoms with Crippen LogP contribution in [0.2, 0.25) is 0 Å². The lowest BCUT2D eigenvalue weighted by Crippen LogP contribution is -2.24. The van der Waals surface area contributed by atoms with E-state index in [1.54, 1.807) is 7.11 Å². The standard InChI is InChI=1S/C13H22N2O/c1-4-6-15(7-5-2)12-8-11(14)9-13(10-12)16-3/h8-10H,4-7,14H2,1-3H3. The maximum Gasteiger partial charge on any atom is 0.122 e. The molecule has 0 saturated carbocycles. The molecular formula is C13H22N2O. The van der Waals surface area contributed by atoms with Crippen LogP contribution in [0.15, 0.2) is 18.2 Å². The van der Waals surface area contributed by atoms with Gasteiger partial charge in [-0.05, 0) is 18.9 Å². The van der Waals surface area contributed by atoms with Gasteiger partial charge in [0.15, 0.2) is 0 Å². The molecule has 0 atom stereocenters. The lowest BCUT2D eigenvalue weighted by Gasteiger charge is -2.24. The van der Waals surface area contributed by atoms with E-state index in [0.29, 0.717) is 0 Å². The van der Waals surface area contributed by atoms with Crippen molar-refractivity contribution in [1.82, 2.24) is 0 Å². The van der Waals surface area contributed by atoms with Crippen molar-refractivity contribution in [2.75, 3.05) is 30.8 Å². The number of benzene rings is 1. The first kappa shape index (κ1) is 12.7. The van der Waals surface area contributed by atoms with E-state index < -0.39 is 0 Å². The monoisotopic (exact) mass is 222 g/mol. The van der Waals surface area contributed by atoms with Gasteiger partial charge in [0.25, 0.3) is 0 Å². The van der Waals surface area contributed by atoms with Crippen LogP contribution in [-0.2, 0) is 0 Å². The van der Waals surface area contributed by atoms with Crippen LogP contribution in [0.5, 0.6) is 5.75 Å². The third kappa shape index (κ3) is 3.33. The minimum absolute atomic E-state index is 0.756. The third-order valence-corrected chi connectivity index (χ3v) is 2.50. The first-order chi connectivity index (χ1) is 7.71. The van der Waals surface area contributed by atoms with Gasteiger partial charge in [0.1, 0.15) is 5.75 Å². The van der Waals surface area contributed by atoms with Gasteiger partial charge in [-0.2, -0.15) is 0 Å². The molecule has 0 aliphatic heterocycles. The van der Waals surface area contributed by atoms with Crippen molar-refractivity contribution in [3.8, 4) is 5.75 Å². The predicted molar refractivity (Wildman–Crippen MR) is 70.2 cm³/mol. The van der Waals surface area contributed by atoms with Gasteiger partial charge in [-0.15, -0.1) is 0 Å². The molecule has 0 aliphatic carbocycles. The maximum atomic E-state index is 5.86. The van der Waals surface area contributed by atoms with Gasteiger partial charge in [-0.1, -0.05) is 13.8 Å². The summed E-state index contributed by atoms with van der Waals surface area (Å²) in [7, 11) is 1.67. The molecule has 0 amide bonds. The van der Waals surface area contributed by atoms with Crippen LogP contribution < -0.4 is 15.4 Å². The second-order valence-corrected chi connectivity index (χ2v) is 3.95. The Bertz CT molecular complexity index is 320. The van der Waals surface area contributed by atoms with Crippen LogP contribution >= 0.6 is 0 Å². The van der Waals surface area contributed by atoms with Crippen LogP contribution in [0.3, 0.4) is 0 Å². The zero-order valence-electron chi connectivity index (χ0n) is 10.5. The number of methoxy groups -OCH3 is 1. The molecule has 16 heavy (non-hydrogen) atoms. The summed E-state index contributed by atoms with van der Waals surface area (Å²) in [5.74, 6) is 0.826. The van der Waals surface area contributed by atoms with Crippen molar-refractivity contribution in [1.29, 1.82) is 0 Å². The van der Waals surface area contributed by atoms with Gasteiger partial charge in [-0.3, -0.25) is 0 Å². The Balaban J connectivity index is 2.93. The summed E-state index contributed by atoms with van der Waals surface area (Å²) in [6.07, 6.45) is 2.27. The van der Waals surface area contributed by atoms with Crippen LogP contribution in [0.1, 0.15) is 26.7 Å². The third-order valence-electron chi connectivity index (χ3n) is 2.50. The number of nitrogens with two attached hydrogens (primary N) is 1. The Labute approximate surface area is 98.2 Å². The minimum Gasteiger partial charge on any atom is -0.497 e. The van der Waals surface area contributed by atoms with Crippen LogP contribution in [-0.4, -0.2) is 20.2 Å². The zero-order chi connectivity index (χ0) is 12.0. The highest BCUT2D eigenvalue weighted by Crippen LogP contribution is 2.25. The number of hydrogen-bond acceptors (Lipinski definition) is 3. The summed E-state index contributed by atoms with van der Waals surface area (Å²) < 4.78 is 5.24. The Morgan fingerprint density at radius 2 is 1.75 bits per heavy atom. The van der Waals surface area contributed by atoms with Crippen molar-refractivity contribution in [2.24, 2.45) is 0 Å². The number of ether oxygens (including phenoxy) is 1. The molecule has 0 aromatic heterocycles. The molecule has 0 unspecified atom stereocenters. The second-order valence-electron chi connectivity index (χ2n) is 3.95. The molecule has 0 aliphatic rings.